The quantitative estimate of drug-likeness (QED) is 0.779. The second-order valence-electron chi connectivity index (χ2n) is 6.45. The number of nitrogens with one attached hydrogen (secondary N) is 2. The van der Waals surface area contributed by atoms with Gasteiger partial charge in [0.2, 0.25) is 0 Å². The molecule has 0 spiro atoms. The Morgan fingerprint density at radius 2 is 1.76 bits per heavy atom. The first kappa shape index (κ1) is 13.9. The monoisotopic (exact) mass is 288 g/mol. The summed E-state index contributed by atoms with van der Waals surface area (Å²) in [6, 6.07) is 6.40. The molecule has 112 valence electrons. The van der Waals surface area contributed by atoms with Gasteiger partial charge < -0.3 is 15.7 Å². The minimum absolute atomic E-state index is 0.0181. The van der Waals surface area contributed by atoms with Crippen LogP contribution < -0.4 is 10.6 Å². The maximum absolute atomic E-state index is 12.0. The molecule has 2 saturated carbocycles. The van der Waals surface area contributed by atoms with Crippen molar-refractivity contribution >= 4 is 12.0 Å². The highest BCUT2D eigenvalue weighted by molar-refractivity contribution is 5.87. The highest BCUT2D eigenvalue weighted by Gasteiger charge is 2.63. The van der Waals surface area contributed by atoms with E-state index in [4.69, 9.17) is 5.11 Å². The summed E-state index contributed by atoms with van der Waals surface area (Å²) in [5, 5.41) is 14.8. The number of carboxylic acids is 1. The van der Waals surface area contributed by atoms with Gasteiger partial charge in [0.25, 0.3) is 0 Å². The zero-order chi connectivity index (χ0) is 15.1. The van der Waals surface area contributed by atoms with Gasteiger partial charge in [0.05, 0.1) is 5.56 Å². The highest BCUT2D eigenvalue weighted by Crippen LogP contribution is 2.63. The molecule has 1 aromatic carbocycles. The van der Waals surface area contributed by atoms with E-state index in [-0.39, 0.29) is 17.1 Å². The van der Waals surface area contributed by atoms with Crippen molar-refractivity contribution in [3.05, 3.63) is 35.4 Å². The van der Waals surface area contributed by atoms with E-state index in [1.165, 1.54) is 12.8 Å². The maximum atomic E-state index is 12.0. The van der Waals surface area contributed by atoms with Crippen LogP contribution in [0.15, 0.2) is 24.3 Å². The Labute approximate surface area is 123 Å². The molecular formula is C16H20N2O3. The van der Waals surface area contributed by atoms with Crippen molar-refractivity contribution in [2.24, 2.45) is 5.41 Å². The Morgan fingerprint density at radius 1 is 1.14 bits per heavy atom. The van der Waals surface area contributed by atoms with Crippen molar-refractivity contribution < 1.29 is 14.7 Å². The number of urea groups is 1. The summed E-state index contributed by atoms with van der Waals surface area (Å²) in [6.45, 7) is 2.64. The molecule has 0 radical (unpaired) electrons. The van der Waals surface area contributed by atoms with Crippen LogP contribution in [0.25, 0.3) is 0 Å². The molecule has 0 atom stereocenters. The number of benzene rings is 1. The number of hydrogen-bond acceptors (Lipinski definition) is 2. The van der Waals surface area contributed by atoms with Crippen LogP contribution >= 0.6 is 0 Å². The number of aromatic carboxylic acids is 1. The Kier molecular flexibility index (Phi) is 3.15. The van der Waals surface area contributed by atoms with E-state index >= 15 is 0 Å². The third-order valence-electron chi connectivity index (χ3n) is 4.91. The molecule has 5 nitrogen and oxygen atoms in total. The molecule has 0 saturated heterocycles. The Hall–Kier alpha value is -2.04. The van der Waals surface area contributed by atoms with Gasteiger partial charge in [-0.2, -0.15) is 0 Å². The molecule has 2 amide bonds. The predicted molar refractivity (Wildman–Crippen MR) is 78.1 cm³/mol. The van der Waals surface area contributed by atoms with Crippen LogP contribution in [-0.4, -0.2) is 22.6 Å². The first-order valence-corrected chi connectivity index (χ1v) is 7.32. The second kappa shape index (κ2) is 4.76. The molecule has 2 aliphatic rings. The SMILES string of the molecule is CC1(C2(NC(=O)NCc3ccc(C(=O)O)cc3)CC2)CC1. The van der Waals surface area contributed by atoms with Crippen molar-refractivity contribution in [1.82, 2.24) is 10.6 Å². The Bertz CT molecular complexity index is 572. The molecule has 1 aromatic rings. The summed E-state index contributed by atoms with van der Waals surface area (Å²) in [7, 11) is 0. The number of rotatable bonds is 5. The van der Waals surface area contributed by atoms with Crippen LogP contribution in [0.1, 0.15) is 48.5 Å². The van der Waals surface area contributed by atoms with Gasteiger partial charge in [-0.3, -0.25) is 0 Å². The minimum atomic E-state index is -0.944. The summed E-state index contributed by atoms with van der Waals surface area (Å²) in [5.41, 5.74) is 1.46. The fourth-order valence-corrected chi connectivity index (χ4v) is 2.88. The third kappa shape index (κ3) is 2.73. The largest absolute Gasteiger partial charge is 0.478 e. The molecule has 2 aliphatic carbocycles. The summed E-state index contributed by atoms with van der Waals surface area (Å²) in [6.07, 6.45) is 4.54. The normalized spacial score (nSPS) is 20.4. The van der Waals surface area contributed by atoms with E-state index in [1.54, 1.807) is 24.3 Å². The van der Waals surface area contributed by atoms with Gasteiger partial charge in [-0.15, -0.1) is 0 Å². The first-order valence-electron chi connectivity index (χ1n) is 7.32. The lowest BCUT2D eigenvalue weighted by atomic mass is 9.96. The first-order chi connectivity index (χ1) is 9.94. The topological polar surface area (TPSA) is 78.4 Å². The predicted octanol–water partition coefficient (Wildman–Crippen LogP) is 2.52. The molecule has 0 aliphatic heterocycles. The Balaban J connectivity index is 1.51. The third-order valence-corrected chi connectivity index (χ3v) is 4.91. The van der Waals surface area contributed by atoms with Crippen molar-refractivity contribution in [2.45, 2.75) is 44.7 Å². The zero-order valence-electron chi connectivity index (χ0n) is 12.1. The second-order valence-corrected chi connectivity index (χ2v) is 6.45. The van der Waals surface area contributed by atoms with E-state index in [9.17, 15) is 9.59 Å². The van der Waals surface area contributed by atoms with E-state index in [1.807, 2.05) is 0 Å². The average molecular weight is 288 g/mol. The van der Waals surface area contributed by atoms with Crippen LogP contribution in [-0.2, 0) is 6.54 Å². The van der Waals surface area contributed by atoms with Crippen LogP contribution in [0.5, 0.6) is 0 Å². The molecule has 0 unspecified atom stereocenters. The van der Waals surface area contributed by atoms with Gasteiger partial charge in [0.1, 0.15) is 0 Å². The molecule has 5 heteroatoms. The summed E-state index contributed by atoms with van der Waals surface area (Å²) in [5.74, 6) is -0.944. The van der Waals surface area contributed by atoms with E-state index < -0.39 is 5.97 Å². The van der Waals surface area contributed by atoms with Crippen molar-refractivity contribution in [3.8, 4) is 0 Å². The smallest absolute Gasteiger partial charge is 0.335 e. The van der Waals surface area contributed by atoms with Crippen LogP contribution in [0.2, 0.25) is 0 Å². The van der Waals surface area contributed by atoms with E-state index in [0.717, 1.165) is 18.4 Å². The molecule has 0 aromatic heterocycles. The van der Waals surface area contributed by atoms with Gasteiger partial charge in [-0.1, -0.05) is 19.1 Å². The standard InChI is InChI=1S/C16H20N2O3/c1-15(6-7-15)16(8-9-16)18-14(21)17-10-11-2-4-12(5-3-11)13(19)20/h2-5H,6-10H2,1H3,(H,19,20)(H2,17,18,21). The number of hydrogen-bond donors (Lipinski definition) is 3. The molecule has 3 rings (SSSR count). The summed E-state index contributed by atoms with van der Waals surface area (Å²) < 4.78 is 0. The molecule has 0 bridgehead atoms. The van der Waals surface area contributed by atoms with Crippen LogP contribution in [0, 0.1) is 5.41 Å². The van der Waals surface area contributed by atoms with E-state index in [2.05, 4.69) is 17.6 Å². The van der Waals surface area contributed by atoms with Crippen LogP contribution in [0.3, 0.4) is 0 Å². The minimum Gasteiger partial charge on any atom is -0.478 e. The maximum Gasteiger partial charge on any atom is 0.335 e. The average Bonchev–Trinajstić information content (AvgIpc) is 3.36. The van der Waals surface area contributed by atoms with Crippen molar-refractivity contribution in [2.75, 3.05) is 0 Å². The summed E-state index contributed by atoms with van der Waals surface area (Å²) in [4.78, 5) is 22.8. The lowest BCUT2D eigenvalue weighted by Crippen LogP contribution is -2.47. The van der Waals surface area contributed by atoms with Gasteiger partial charge in [-0.05, 0) is 48.8 Å². The molecule has 2 fully saturated rings. The number of carboxylic acid groups (broad SMARTS) is 1. The fourth-order valence-electron chi connectivity index (χ4n) is 2.88. The van der Waals surface area contributed by atoms with Crippen molar-refractivity contribution in [1.29, 1.82) is 0 Å². The number of carbonyl (C=O) groups excluding carboxylic acids is 1. The van der Waals surface area contributed by atoms with E-state index in [0.29, 0.717) is 12.0 Å². The molecule has 3 N–H and O–H groups in total. The van der Waals surface area contributed by atoms with Gasteiger partial charge >= 0.3 is 12.0 Å². The lowest BCUT2D eigenvalue weighted by Gasteiger charge is -2.24. The number of amides is 2. The van der Waals surface area contributed by atoms with Crippen molar-refractivity contribution in [3.63, 3.8) is 0 Å². The van der Waals surface area contributed by atoms with Gasteiger partial charge in [0.15, 0.2) is 0 Å². The highest BCUT2D eigenvalue weighted by atomic mass is 16.4. The molecule has 0 heterocycles. The summed E-state index contributed by atoms with van der Waals surface area (Å²) >= 11 is 0. The van der Waals surface area contributed by atoms with Gasteiger partial charge in [-0.25, -0.2) is 9.59 Å². The lowest BCUT2D eigenvalue weighted by molar-refractivity contribution is 0.0697. The molecule has 21 heavy (non-hydrogen) atoms. The number of carbonyl (C=O) groups is 2. The molecular weight excluding hydrogens is 268 g/mol. The Morgan fingerprint density at radius 3 is 2.24 bits per heavy atom. The zero-order valence-corrected chi connectivity index (χ0v) is 12.1. The van der Waals surface area contributed by atoms with Crippen LogP contribution in [0.4, 0.5) is 4.79 Å². The van der Waals surface area contributed by atoms with Gasteiger partial charge in [0, 0.05) is 12.1 Å². The fraction of sp³-hybridized carbons (Fsp3) is 0.500.